The Morgan fingerprint density at radius 2 is 1.44 bits per heavy atom. The SMILES string of the molecule is CC(C)C(=O)CCCCC(=O)NCCCCC(NC(=O)CNC=O)C(=O)O.CSCCC(C)NC(=O)c1ccc(CNC(C)C)cc1.Cc1ccccc1. The van der Waals surface area contributed by atoms with Crippen molar-refractivity contribution in [3.63, 3.8) is 0 Å². The normalized spacial score (nSPS) is 11.5. The van der Waals surface area contributed by atoms with Gasteiger partial charge in [-0.25, -0.2) is 4.79 Å². The number of benzene rings is 2. The van der Waals surface area contributed by atoms with Crippen molar-refractivity contribution >= 4 is 47.6 Å². The molecule has 2 atom stereocenters. The van der Waals surface area contributed by atoms with E-state index in [2.05, 4.69) is 72.7 Å². The molecule has 0 fully saturated rings. The highest BCUT2D eigenvalue weighted by atomic mass is 32.2. The lowest BCUT2D eigenvalue weighted by molar-refractivity contribution is -0.142. The molecule has 54 heavy (non-hydrogen) atoms. The summed E-state index contributed by atoms with van der Waals surface area (Å²) in [7, 11) is 0. The number of aryl methyl sites for hydroxylation is 1. The van der Waals surface area contributed by atoms with Gasteiger partial charge in [-0.1, -0.05) is 75.7 Å². The number of rotatable bonds is 24. The Morgan fingerprint density at radius 3 is 1.98 bits per heavy atom. The lowest BCUT2D eigenvalue weighted by atomic mass is 10.0. The van der Waals surface area contributed by atoms with Crippen molar-refractivity contribution in [2.75, 3.05) is 25.1 Å². The van der Waals surface area contributed by atoms with Crippen LogP contribution in [0.4, 0.5) is 0 Å². The van der Waals surface area contributed by atoms with Crippen molar-refractivity contribution in [1.82, 2.24) is 26.6 Å². The van der Waals surface area contributed by atoms with Crippen LogP contribution in [0.3, 0.4) is 0 Å². The van der Waals surface area contributed by atoms with E-state index in [0.717, 1.165) is 24.3 Å². The van der Waals surface area contributed by atoms with Crippen molar-refractivity contribution in [2.24, 2.45) is 5.92 Å². The molecule has 4 amide bonds. The maximum Gasteiger partial charge on any atom is 0.326 e. The van der Waals surface area contributed by atoms with E-state index in [1.165, 1.54) is 11.1 Å². The first-order valence-electron chi connectivity index (χ1n) is 18.8. The second-order valence-electron chi connectivity index (χ2n) is 13.7. The van der Waals surface area contributed by atoms with Gasteiger partial charge in [0.2, 0.25) is 18.2 Å². The van der Waals surface area contributed by atoms with Crippen LogP contribution in [0.2, 0.25) is 0 Å². The van der Waals surface area contributed by atoms with E-state index >= 15 is 0 Å². The Morgan fingerprint density at radius 1 is 0.796 bits per heavy atom. The zero-order valence-corrected chi connectivity index (χ0v) is 34.2. The van der Waals surface area contributed by atoms with Gasteiger partial charge in [0.05, 0.1) is 6.54 Å². The predicted octanol–water partition coefficient (Wildman–Crippen LogP) is 5.42. The number of hydrogen-bond donors (Lipinski definition) is 6. The lowest BCUT2D eigenvalue weighted by Crippen LogP contribution is -2.44. The molecule has 0 aromatic heterocycles. The third kappa shape index (κ3) is 27.4. The van der Waals surface area contributed by atoms with Gasteiger partial charge in [-0.2, -0.15) is 11.8 Å². The molecule has 2 unspecified atom stereocenters. The van der Waals surface area contributed by atoms with Crippen LogP contribution < -0.4 is 26.6 Å². The predicted molar refractivity (Wildman–Crippen MR) is 218 cm³/mol. The molecule has 0 saturated heterocycles. The van der Waals surface area contributed by atoms with E-state index in [9.17, 15) is 28.8 Å². The van der Waals surface area contributed by atoms with Crippen LogP contribution in [0, 0.1) is 12.8 Å². The minimum absolute atomic E-state index is 0.0157. The maximum atomic E-state index is 12.1. The summed E-state index contributed by atoms with van der Waals surface area (Å²) in [4.78, 5) is 67.9. The lowest BCUT2D eigenvalue weighted by Gasteiger charge is -2.14. The molecule has 2 rings (SSSR count). The summed E-state index contributed by atoms with van der Waals surface area (Å²) < 4.78 is 0. The molecule has 302 valence electrons. The Balaban J connectivity index is 0.000000901. The van der Waals surface area contributed by atoms with Gasteiger partial charge >= 0.3 is 5.97 Å². The van der Waals surface area contributed by atoms with Gasteiger partial charge in [-0.15, -0.1) is 0 Å². The number of thioether (sulfide) groups is 1. The summed E-state index contributed by atoms with van der Waals surface area (Å²) in [6.45, 7) is 13.1. The van der Waals surface area contributed by atoms with E-state index in [0.29, 0.717) is 57.5 Å². The highest BCUT2D eigenvalue weighted by Gasteiger charge is 2.19. The van der Waals surface area contributed by atoms with Gasteiger partial charge in [-0.05, 0) is 82.1 Å². The van der Waals surface area contributed by atoms with Crippen molar-refractivity contribution in [2.45, 2.75) is 118 Å². The molecule has 12 nitrogen and oxygen atoms in total. The standard InChI is InChI=1S/C18H31N3O6.C16H26N2OS.C7H8/c1-13(2)15(23)8-3-4-9-16(24)20-10-6-5-7-14(18(26)27)21-17(25)11-19-12-22;1-12(2)17-11-14-5-7-15(8-6-14)16(19)18-13(3)9-10-20-4;1-7-5-3-2-4-6-7/h12-14H,3-11H2,1-2H3,(H,19,22)(H,20,24)(H,21,25)(H,26,27);5-8,12-13,17H,9-11H2,1-4H3,(H,18,19);2-6H,1H3. The number of amides is 4. The number of hydrogen-bond acceptors (Lipinski definition) is 8. The van der Waals surface area contributed by atoms with Crippen LogP contribution >= 0.6 is 11.8 Å². The third-order valence-electron chi connectivity index (χ3n) is 7.95. The fourth-order valence-corrected chi connectivity index (χ4v) is 5.19. The van der Waals surface area contributed by atoms with E-state index in [1.54, 1.807) is 11.8 Å². The highest BCUT2D eigenvalue weighted by Crippen LogP contribution is 2.08. The van der Waals surface area contributed by atoms with Crippen LogP contribution in [0.15, 0.2) is 54.6 Å². The summed E-state index contributed by atoms with van der Waals surface area (Å²) >= 11 is 1.80. The molecule has 2 aromatic rings. The molecule has 0 saturated carbocycles. The molecule has 0 heterocycles. The average Bonchev–Trinajstić information content (AvgIpc) is 3.14. The molecular weight excluding hydrogens is 707 g/mol. The number of carboxylic acids is 1. The molecule has 0 bridgehead atoms. The second-order valence-corrected chi connectivity index (χ2v) is 14.7. The fourth-order valence-electron chi connectivity index (χ4n) is 4.60. The van der Waals surface area contributed by atoms with Crippen LogP contribution in [0.25, 0.3) is 0 Å². The maximum absolute atomic E-state index is 12.1. The first-order valence-corrected chi connectivity index (χ1v) is 20.2. The molecule has 0 aliphatic heterocycles. The number of unbranched alkanes of at least 4 members (excludes halogenated alkanes) is 2. The van der Waals surface area contributed by atoms with Crippen molar-refractivity contribution < 1.29 is 33.9 Å². The van der Waals surface area contributed by atoms with Crippen LogP contribution in [-0.2, 0) is 30.5 Å². The smallest absolute Gasteiger partial charge is 0.326 e. The molecule has 2 aromatic carbocycles. The number of aliphatic carboxylic acids is 1. The van der Waals surface area contributed by atoms with Gasteiger partial charge in [0.15, 0.2) is 0 Å². The Labute approximate surface area is 327 Å². The van der Waals surface area contributed by atoms with E-state index < -0.39 is 17.9 Å². The van der Waals surface area contributed by atoms with Crippen LogP contribution in [0.5, 0.6) is 0 Å². The molecule has 0 aliphatic carbocycles. The van der Waals surface area contributed by atoms with Gasteiger partial charge in [0.1, 0.15) is 11.8 Å². The first kappa shape index (κ1) is 49.8. The minimum Gasteiger partial charge on any atom is -0.480 e. The number of carbonyl (C=O) groups excluding carboxylic acids is 5. The van der Waals surface area contributed by atoms with Gasteiger partial charge in [-0.3, -0.25) is 24.0 Å². The van der Waals surface area contributed by atoms with Gasteiger partial charge in [0, 0.05) is 49.5 Å². The number of Topliss-reactive ketones (excluding diaryl/α,β-unsaturated/α-hetero) is 1. The molecule has 0 radical (unpaired) electrons. The largest absolute Gasteiger partial charge is 0.480 e. The summed E-state index contributed by atoms with van der Waals surface area (Å²) in [5.74, 6) is -0.483. The van der Waals surface area contributed by atoms with Crippen LogP contribution in [-0.4, -0.2) is 84.2 Å². The van der Waals surface area contributed by atoms with Crippen LogP contribution in [0.1, 0.15) is 107 Å². The number of carboxylic acid groups (broad SMARTS) is 1. The number of nitrogens with one attached hydrogen (secondary N) is 5. The third-order valence-corrected chi connectivity index (χ3v) is 8.59. The summed E-state index contributed by atoms with van der Waals surface area (Å²) in [5, 5.41) is 22.7. The van der Waals surface area contributed by atoms with E-state index in [1.807, 2.05) is 56.3 Å². The summed E-state index contributed by atoms with van der Waals surface area (Å²) in [5.41, 5.74) is 3.25. The van der Waals surface area contributed by atoms with E-state index in [4.69, 9.17) is 5.11 Å². The number of ketones is 1. The average molecular weight is 772 g/mol. The monoisotopic (exact) mass is 771 g/mol. The topological polar surface area (TPSA) is 183 Å². The number of carbonyl (C=O) groups is 6. The van der Waals surface area contributed by atoms with Crippen molar-refractivity contribution in [3.8, 4) is 0 Å². The van der Waals surface area contributed by atoms with Gasteiger partial charge in [0.25, 0.3) is 5.91 Å². The summed E-state index contributed by atoms with van der Waals surface area (Å²) in [6.07, 6.45) is 7.00. The Bertz CT molecular complexity index is 1360. The minimum atomic E-state index is -1.14. The zero-order chi connectivity index (χ0) is 40.7. The molecular formula is C41H65N5O7S. The molecule has 13 heteroatoms. The molecule has 0 aliphatic rings. The van der Waals surface area contributed by atoms with Gasteiger partial charge < -0.3 is 31.7 Å². The molecule has 6 N–H and O–H groups in total. The van der Waals surface area contributed by atoms with E-state index in [-0.39, 0.29) is 42.5 Å². The molecule has 0 spiro atoms. The van der Waals surface area contributed by atoms with Crippen molar-refractivity contribution in [1.29, 1.82) is 0 Å². The quantitative estimate of drug-likeness (QED) is 0.0600. The first-order chi connectivity index (χ1) is 25.7. The second kappa shape index (κ2) is 31.2. The Kier molecular flexibility index (Phi) is 28.7. The highest BCUT2D eigenvalue weighted by molar-refractivity contribution is 7.98. The zero-order valence-electron chi connectivity index (χ0n) is 33.4. The van der Waals surface area contributed by atoms with Crippen molar-refractivity contribution in [3.05, 3.63) is 71.3 Å². The summed E-state index contributed by atoms with van der Waals surface area (Å²) in [6, 6.07) is 17.7. The Hall–Kier alpha value is -4.23. The fraction of sp³-hybridized carbons (Fsp3) is 0.561.